The first kappa shape index (κ1) is 39.2. The van der Waals surface area contributed by atoms with Crippen LogP contribution in [0.25, 0.3) is 10.8 Å². The summed E-state index contributed by atoms with van der Waals surface area (Å²) in [6.45, 7) is 9.87. The van der Waals surface area contributed by atoms with E-state index in [9.17, 15) is 18.0 Å². The summed E-state index contributed by atoms with van der Waals surface area (Å²) in [6, 6.07) is 23.4. The van der Waals surface area contributed by atoms with Crippen molar-refractivity contribution in [1.29, 1.82) is 0 Å². The van der Waals surface area contributed by atoms with Gasteiger partial charge in [0.15, 0.2) is 0 Å². The topological polar surface area (TPSA) is 117 Å². The molecular formula is C43H54N4O6S. The van der Waals surface area contributed by atoms with Gasteiger partial charge < -0.3 is 19.7 Å². The van der Waals surface area contributed by atoms with Crippen molar-refractivity contribution in [1.82, 2.24) is 19.8 Å². The van der Waals surface area contributed by atoms with E-state index in [2.05, 4.69) is 40.9 Å². The minimum atomic E-state index is -4.09. The number of likely N-dealkylation sites (N-methyl/N-ethyl adjacent to an activating group) is 1. The molecule has 4 atom stereocenters. The monoisotopic (exact) mass is 754 g/mol. The highest BCUT2D eigenvalue weighted by Crippen LogP contribution is 2.31. The standard InChI is InChI=1S/C43H54N4O6S/c1-28(2)46(5)43(49)40(22-31-10-12-32(13-11-31)27-47-29(3)8-7-9-30(47)4)44-42(48)26-39(35-16-19-41-36(23-35)20-21-53-41)45-54(50,51)38-18-15-33-24-37(52-6)17-14-34(33)25-38/h10-19,23-25,28-30,39-40,45H,7-9,20-22,26-27H2,1-6H3,(H,44,48)/t29-,30+,39-,40-/m1/s1. The number of nitrogens with zero attached hydrogens (tertiary/aromatic N) is 2. The molecule has 11 heteroatoms. The molecule has 2 aliphatic heterocycles. The molecular weight excluding hydrogens is 701 g/mol. The first-order valence-electron chi connectivity index (χ1n) is 19.1. The lowest BCUT2D eigenvalue weighted by molar-refractivity contribution is -0.136. The molecule has 0 spiro atoms. The summed E-state index contributed by atoms with van der Waals surface area (Å²) in [4.78, 5) is 32.1. The summed E-state index contributed by atoms with van der Waals surface area (Å²) in [5.74, 6) is 0.778. The van der Waals surface area contributed by atoms with Gasteiger partial charge in [0.2, 0.25) is 21.8 Å². The molecule has 0 bridgehead atoms. The molecule has 1 fully saturated rings. The number of sulfonamides is 1. The Kier molecular flexibility index (Phi) is 12.3. The summed E-state index contributed by atoms with van der Waals surface area (Å²) in [7, 11) is -0.766. The van der Waals surface area contributed by atoms with Crippen molar-refractivity contribution in [2.24, 2.45) is 0 Å². The molecule has 2 heterocycles. The highest BCUT2D eigenvalue weighted by molar-refractivity contribution is 7.89. The molecule has 4 aromatic carbocycles. The first-order chi connectivity index (χ1) is 25.8. The van der Waals surface area contributed by atoms with E-state index in [1.165, 1.54) is 24.8 Å². The quantitative estimate of drug-likeness (QED) is 0.150. The summed E-state index contributed by atoms with van der Waals surface area (Å²) in [5.41, 5.74) is 3.74. The highest BCUT2D eigenvalue weighted by Gasteiger charge is 2.30. The van der Waals surface area contributed by atoms with Gasteiger partial charge in [0.25, 0.3) is 0 Å². The minimum absolute atomic E-state index is 0.0781. The van der Waals surface area contributed by atoms with E-state index in [-0.39, 0.29) is 23.3 Å². The number of hydrogen-bond acceptors (Lipinski definition) is 7. The van der Waals surface area contributed by atoms with E-state index in [0.717, 1.165) is 34.2 Å². The number of likely N-dealkylation sites (tertiary alicyclic amines) is 1. The largest absolute Gasteiger partial charge is 0.497 e. The maximum absolute atomic E-state index is 14.0. The van der Waals surface area contributed by atoms with Crippen molar-refractivity contribution in [3.8, 4) is 11.5 Å². The number of methoxy groups -OCH3 is 1. The summed E-state index contributed by atoms with van der Waals surface area (Å²) in [6.07, 6.45) is 4.45. The minimum Gasteiger partial charge on any atom is -0.497 e. The molecule has 54 heavy (non-hydrogen) atoms. The predicted octanol–water partition coefficient (Wildman–Crippen LogP) is 6.55. The van der Waals surface area contributed by atoms with Gasteiger partial charge in [-0.25, -0.2) is 13.1 Å². The maximum atomic E-state index is 14.0. The van der Waals surface area contributed by atoms with Gasteiger partial charge in [-0.3, -0.25) is 14.5 Å². The SMILES string of the molecule is COc1ccc2cc(S(=O)(=O)N[C@H](CC(=O)N[C@H](Cc3ccc(CN4[C@H](C)CCC[C@@H]4C)cc3)C(=O)N(C)C(C)C)c3ccc4c(c3)CCO4)ccc2c1. The molecule has 0 radical (unpaired) electrons. The van der Waals surface area contributed by atoms with Gasteiger partial charge in [-0.15, -0.1) is 0 Å². The number of amides is 2. The zero-order chi connectivity index (χ0) is 38.6. The molecule has 2 N–H and O–H groups in total. The van der Waals surface area contributed by atoms with E-state index < -0.39 is 28.0 Å². The number of carbonyl (C=O) groups excluding carboxylic acids is 2. The molecule has 0 aliphatic carbocycles. The van der Waals surface area contributed by atoms with Crippen molar-refractivity contribution in [2.45, 2.75) is 108 Å². The van der Waals surface area contributed by atoms with Crippen molar-refractivity contribution < 1.29 is 27.5 Å². The Hall–Kier alpha value is -4.45. The van der Waals surface area contributed by atoms with Crippen molar-refractivity contribution >= 4 is 32.6 Å². The molecule has 2 aliphatic rings. The van der Waals surface area contributed by atoms with E-state index in [4.69, 9.17) is 9.47 Å². The molecule has 6 rings (SSSR count). The van der Waals surface area contributed by atoms with E-state index in [1.54, 1.807) is 49.4 Å². The molecule has 10 nitrogen and oxygen atoms in total. The predicted molar refractivity (Wildman–Crippen MR) is 212 cm³/mol. The number of fused-ring (bicyclic) bond motifs is 2. The Balaban J connectivity index is 1.22. The lowest BCUT2D eigenvalue weighted by Crippen LogP contribution is -2.50. The molecule has 2 amide bonds. The number of ether oxygens (including phenoxy) is 2. The van der Waals surface area contributed by atoms with Crippen LogP contribution in [0.1, 0.15) is 81.7 Å². The zero-order valence-electron chi connectivity index (χ0n) is 32.3. The number of rotatable bonds is 14. The Morgan fingerprint density at radius 1 is 0.926 bits per heavy atom. The van der Waals surface area contributed by atoms with Crippen molar-refractivity contribution in [3.63, 3.8) is 0 Å². The van der Waals surface area contributed by atoms with Crippen LogP contribution in [-0.4, -0.2) is 75.0 Å². The fraction of sp³-hybridized carbons (Fsp3) is 0.442. The molecule has 288 valence electrons. The van der Waals surface area contributed by atoms with Crippen LogP contribution in [0, 0.1) is 0 Å². The lowest BCUT2D eigenvalue weighted by Gasteiger charge is -2.39. The Morgan fingerprint density at radius 3 is 2.31 bits per heavy atom. The van der Waals surface area contributed by atoms with Gasteiger partial charge in [-0.05, 0) is 104 Å². The van der Waals surface area contributed by atoms with Crippen LogP contribution in [0.2, 0.25) is 0 Å². The van der Waals surface area contributed by atoms with Crippen LogP contribution in [0.15, 0.2) is 83.8 Å². The van der Waals surface area contributed by atoms with Gasteiger partial charge in [-0.1, -0.05) is 55.0 Å². The van der Waals surface area contributed by atoms with Gasteiger partial charge in [-0.2, -0.15) is 0 Å². The molecule has 0 unspecified atom stereocenters. The Labute approximate surface area is 320 Å². The number of hydrogen-bond donors (Lipinski definition) is 2. The second-order valence-electron chi connectivity index (χ2n) is 15.2. The Morgan fingerprint density at radius 2 is 1.61 bits per heavy atom. The second kappa shape index (κ2) is 16.9. The average Bonchev–Trinajstić information content (AvgIpc) is 3.63. The van der Waals surface area contributed by atoms with Gasteiger partial charge >= 0.3 is 0 Å². The first-order valence-corrected chi connectivity index (χ1v) is 20.5. The van der Waals surface area contributed by atoms with Crippen LogP contribution < -0.4 is 19.5 Å². The zero-order valence-corrected chi connectivity index (χ0v) is 33.1. The highest BCUT2D eigenvalue weighted by atomic mass is 32.2. The molecule has 1 saturated heterocycles. The normalized spacial score (nSPS) is 18.5. The fourth-order valence-corrected chi connectivity index (χ4v) is 8.81. The smallest absolute Gasteiger partial charge is 0.245 e. The van der Waals surface area contributed by atoms with E-state index in [0.29, 0.717) is 42.8 Å². The van der Waals surface area contributed by atoms with Gasteiger partial charge in [0.1, 0.15) is 17.5 Å². The van der Waals surface area contributed by atoms with Crippen LogP contribution in [-0.2, 0) is 39.0 Å². The molecule has 4 aromatic rings. The number of piperidine rings is 1. The molecule has 0 aromatic heterocycles. The third-order valence-electron chi connectivity index (χ3n) is 11.1. The van der Waals surface area contributed by atoms with Crippen molar-refractivity contribution in [3.05, 3.63) is 101 Å². The maximum Gasteiger partial charge on any atom is 0.245 e. The van der Waals surface area contributed by atoms with Gasteiger partial charge in [0.05, 0.1) is 24.7 Å². The second-order valence-corrected chi connectivity index (χ2v) is 16.9. The third kappa shape index (κ3) is 9.25. The summed E-state index contributed by atoms with van der Waals surface area (Å²) in [5, 5.41) is 4.57. The van der Waals surface area contributed by atoms with E-state index >= 15 is 0 Å². The van der Waals surface area contributed by atoms with E-state index in [1.807, 2.05) is 50.2 Å². The number of carbonyl (C=O) groups is 2. The third-order valence-corrected chi connectivity index (χ3v) is 12.6. The van der Waals surface area contributed by atoms with Crippen LogP contribution in [0.4, 0.5) is 0 Å². The average molecular weight is 755 g/mol. The van der Waals surface area contributed by atoms with Crippen LogP contribution >= 0.6 is 0 Å². The Bertz CT molecular complexity index is 2060. The van der Waals surface area contributed by atoms with Crippen LogP contribution in [0.3, 0.4) is 0 Å². The van der Waals surface area contributed by atoms with Gasteiger partial charge in [0, 0.05) is 51.0 Å². The number of benzene rings is 4. The summed E-state index contributed by atoms with van der Waals surface area (Å²) >= 11 is 0. The molecule has 0 saturated carbocycles. The van der Waals surface area contributed by atoms with Crippen molar-refractivity contribution in [2.75, 3.05) is 20.8 Å². The number of nitrogens with one attached hydrogen (secondary N) is 2. The summed E-state index contributed by atoms with van der Waals surface area (Å²) < 4.78 is 41.8. The lowest BCUT2D eigenvalue weighted by atomic mass is 9.96. The van der Waals surface area contributed by atoms with Crippen LogP contribution in [0.5, 0.6) is 11.5 Å². The fourth-order valence-electron chi connectivity index (χ4n) is 7.55.